The third-order valence-corrected chi connectivity index (χ3v) is 4.58. The second-order valence-corrected chi connectivity index (χ2v) is 8.75. The zero-order valence-corrected chi connectivity index (χ0v) is 25.2. The van der Waals surface area contributed by atoms with E-state index in [1.807, 2.05) is 41.5 Å². The van der Waals surface area contributed by atoms with Gasteiger partial charge in [0.15, 0.2) is 0 Å². The number of carbonyl (C=O) groups excluding carboxylic acids is 3. The highest BCUT2D eigenvalue weighted by Gasteiger charge is 2.14. The zero-order chi connectivity index (χ0) is 30.5. The Balaban J connectivity index is -0.000000478. The van der Waals surface area contributed by atoms with Crippen LogP contribution in [0, 0.1) is 0 Å². The summed E-state index contributed by atoms with van der Waals surface area (Å²) in [6.45, 7) is 22.2. The molecule has 0 fully saturated rings. The Labute approximate surface area is 233 Å². The number of nitrogens with two attached hydrogens (primary N) is 1. The Morgan fingerprint density at radius 3 is 2.11 bits per heavy atom. The molecular formula is C29H45ClN2O6. The van der Waals surface area contributed by atoms with E-state index in [9.17, 15) is 14.4 Å². The summed E-state index contributed by atoms with van der Waals surface area (Å²) in [5, 5.41) is 9.54. The molecule has 1 atom stereocenters. The summed E-state index contributed by atoms with van der Waals surface area (Å²) in [6.07, 6.45) is 6.40. The maximum atomic E-state index is 11.6. The molecule has 0 aliphatic rings. The molecule has 1 aromatic rings. The predicted molar refractivity (Wildman–Crippen MR) is 155 cm³/mol. The molecule has 1 heterocycles. The molecule has 0 saturated carbocycles. The lowest BCUT2D eigenvalue weighted by atomic mass is 10.1. The molecule has 1 rings (SSSR count). The Bertz CT molecular complexity index is 954. The monoisotopic (exact) mass is 552 g/mol. The number of nitrogens with zero attached hydrogens (tertiary/aromatic N) is 1. The van der Waals surface area contributed by atoms with Crippen LogP contribution in [0.4, 0.5) is 0 Å². The van der Waals surface area contributed by atoms with Crippen LogP contribution in [0.25, 0.3) is 0 Å². The number of allylic oxidation sites excluding steroid dienone is 5. The molecule has 1 unspecified atom stereocenters. The van der Waals surface area contributed by atoms with Crippen LogP contribution < -0.4 is 5.73 Å². The second kappa shape index (κ2) is 21.7. The van der Waals surface area contributed by atoms with Crippen molar-refractivity contribution in [3.63, 3.8) is 0 Å². The smallest absolute Gasteiger partial charge is 0.306 e. The molecule has 0 radical (unpaired) electrons. The molecule has 0 amide bonds. The van der Waals surface area contributed by atoms with Gasteiger partial charge in [0.2, 0.25) is 5.78 Å². The first-order valence-corrected chi connectivity index (χ1v) is 12.6. The number of carbonyl (C=O) groups is 3. The van der Waals surface area contributed by atoms with E-state index in [-0.39, 0.29) is 34.9 Å². The molecule has 0 aromatic carbocycles. The van der Waals surface area contributed by atoms with Crippen molar-refractivity contribution in [1.82, 2.24) is 4.98 Å². The van der Waals surface area contributed by atoms with Gasteiger partial charge in [-0.1, -0.05) is 57.2 Å². The highest BCUT2D eigenvalue weighted by molar-refractivity contribution is 6.32. The molecule has 214 valence electrons. The molecule has 9 heteroatoms. The van der Waals surface area contributed by atoms with Crippen LogP contribution in [0.3, 0.4) is 0 Å². The Morgan fingerprint density at radius 2 is 1.79 bits per heavy atom. The number of hydrogen-bond acceptors (Lipinski definition) is 8. The van der Waals surface area contributed by atoms with Crippen LogP contribution in [0.1, 0.15) is 86.1 Å². The minimum Gasteiger partial charge on any atom is -0.506 e. The van der Waals surface area contributed by atoms with Gasteiger partial charge in [-0.15, -0.1) is 0 Å². The quantitative estimate of drug-likeness (QED) is 0.118. The molecule has 38 heavy (non-hydrogen) atoms. The number of hydrogen-bond donors (Lipinski definition) is 2. The molecule has 3 N–H and O–H groups in total. The van der Waals surface area contributed by atoms with Gasteiger partial charge >= 0.3 is 5.97 Å². The lowest BCUT2D eigenvalue weighted by Gasteiger charge is -2.18. The molecule has 0 bridgehead atoms. The van der Waals surface area contributed by atoms with Crippen LogP contribution >= 0.6 is 11.6 Å². The third-order valence-electron chi connectivity index (χ3n) is 4.15. The number of halogens is 1. The number of ketones is 1. The Morgan fingerprint density at radius 1 is 1.24 bits per heavy atom. The van der Waals surface area contributed by atoms with Crippen molar-refractivity contribution in [3.8, 4) is 5.75 Å². The molecular weight excluding hydrogens is 508 g/mol. The lowest BCUT2D eigenvalue weighted by Crippen LogP contribution is -2.23. The van der Waals surface area contributed by atoms with Crippen molar-refractivity contribution in [1.29, 1.82) is 0 Å². The number of aromatic nitrogens is 1. The number of esters is 1. The third kappa shape index (κ3) is 18.8. The average molecular weight is 553 g/mol. The molecule has 1 aromatic heterocycles. The van der Waals surface area contributed by atoms with Crippen molar-refractivity contribution in [2.75, 3.05) is 0 Å². The molecule has 8 nitrogen and oxygen atoms in total. The molecule has 0 spiro atoms. The molecule has 0 aliphatic heterocycles. The van der Waals surface area contributed by atoms with Crippen LogP contribution in [-0.4, -0.2) is 40.0 Å². The number of Topliss-reactive ketones (excluding diaryl/α,β-unsaturated/α-hetero) is 1. The number of aromatic hydroxyl groups is 1. The van der Waals surface area contributed by atoms with E-state index in [2.05, 4.69) is 11.6 Å². The van der Waals surface area contributed by atoms with Crippen molar-refractivity contribution in [2.45, 2.75) is 87.4 Å². The van der Waals surface area contributed by atoms with Gasteiger partial charge in [0.05, 0.1) is 6.20 Å². The van der Waals surface area contributed by atoms with Gasteiger partial charge in [-0.05, 0) is 60.6 Å². The van der Waals surface area contributed by atoms with Crippen LogP contribution in [-0.2, 0) is 19.1 Å². The Kier molecular flexibility index (Phi) is 22.3. The number of pyridine rings is 1. The van der Waals surface area contributed by atoms with E-state index >= 15 is 0 Å². The van der Waals surface area contributed by atoms with E-state index in [0.29, 0.717) is 29.2 Å². The minimum atomic E-state index is -0.348. The van der Waals surface area contributed by atoms with Gasteiger partial charge in [0.25, 0.3) is 6.47 Å². The van der Waals surface area contributed by atoms with E-state index in [4.69, 9.17) is 31.9 Å². The van der Waals surface area contributed by atoms with E-state index in [1.54, 1.807) is 45.9 Å². The fourth-order valence-electron chi connectivity index (χ4n) is 2.16. The number of rotatable bonds is 8. The van der Waals surface area contributed by atoms with Gasteiger partial charge in [-0.2, -0.15) is 0 Å². The Hall–Kier alpha value is -3.39. The maximum absolute atomic E-state index is 11.6. The van der Waals surface area contributed by atoms with Gasteiger partial charge in [0.1, 0.15) is 23.1 Å². The largest absolute Gasteiger partial charge is 0.506 e. The van der Waals surface area contributed by atoms with Crippen LogP contribution in [0.15, 0.2) is 65.0 Å². The van der Waals surface area contributed by atoms with Gasteiger partial charge in [-0.25, -0.2) is 4.98 Å². The second-order valence-electron chi connectivity index (χ2n) is 8.35. The fourth-order valence-corrected chi connectivity index (χ4v) is 2.38. The number of ether oxygens (including phenoxy) is 2. The molecule has 0 aliphatic carbocycles. The summed E-state index contributed by atoms with van der Waals surface area (Å²) in [5.74, 6) is -0.319. The first-order valence-electron chi connectivity index (χ1n) is 12.2. The highest BCUT2D eigenvalue weighted by atomic mass is 35.5. The highest BCUT2D eigenvalue weighted by Crippen LogP contribution is 2.20. The average Bonchev–Trinajstić information content (AvgIpc) is 2.87. The van der Waals surface area contributed by atoms with Crippen LogP contribution in [0.2, 0.25) is 0 Å². The van der Waals surface area contributed by atoms with E-state index in [1.165, 1.54) is 18.3 Å². The van der Waals surface area contributed by atoms with Crippen molar-refractivity contribution < 1.29 is 29.0 Å². The van der Waals surface area contributed by atoms with Gasteiger partial charge in [-0.3, -0.25) is 14.4 Å². The maximum Gasteiger partial charge on any atom is 0.306 e. The first-order chi connectivity index (χ1) is 17.6. The summed E-state index contributed by atoms with van der Waals surface area (Å²) >= 11 is 5.89. The van der Waals surface area contributed by atoms with E-state index < -0.39 is 0 Å². The van der Waals surface area contributed by atoms with Gasteiger partial charge in [0, 0.05) is 28.3 Å². The predicted octanol–water partition coefficient (Wildman–Crippen LogP) is 6.79. The SMILES string of the molecule is C/C(N)=C(\C)C(=O)c1ccc(O)cn1.C=C/C=C(\C(Cl)=C/C)C(C)OC=O.CC.CCC(=O)OC(C)(C)C. The first kappa shape index (κ1) is 39.1. The fraction of sp³-hybridized carbons (Fsp3) is 0.448. The molecule has 0 saturated heterocycles. The summed E-state index contributed by atoms with van der Waals surface area (Å²) < 4.78 is 9.71. The summed E-state index contributed by atoms with van der Waals surface area (Å²) in [4.78, 5) is 36.1. The van der Waals surface area contributed by atoms with Crippen molar-refractivity contribution in [3.05, 3.63) is 70.7 Å². The summed E-state index contributed by atoms with van der Waals surface area (Å²) in [7, 11) is 0. The minimum absolute atomic E-state index is 0.0349. The van der Waals surface area contributed by atoms with Crippen molar-refractivity contribution >= 4 is 29.8 Å². The van der Waals surface area contributed by atoms with Crippen LogP contribution in [0.5, 0.6) is 5.75 Å². The lowest BCUT2D eigenvalue weighted by molar-refractivity contribution is -0.154. The summed E-state index contributed by atoms with van der Waals surface area (Å²) in [5.41, 5.74) is 7.14. The summed E-state index contributed by atoms with van der Waals surface area (Å²) in [6, 6.07) is 2.88. The zero-order valence-electron chi connectivity index (χ0n) is 24.4. The van der Waals surface area contributed by atoms with Crippen molar-refractivity contribution in [2.24, 2.45) is 5.73 Å². The normalized spacial score (nSPS) is 12.4. The topological polar surface area (TPSA) is 129 Å². The standard InChI is InChI=1S/C10H13ClO2.C10H12N2O2.C7H14O2.C2H6/c1-4-6-9(10(11)5-2)8(3)13-7-12;1-6(7(2)11)10(14)9-4-3-8(13)5-12-9;1-5-6(8)9-7(2,3)4;1-2/h4-8H,1H2,2-3H3;3-5,13H,11H2,1-2H3;5H2,1-4H3;1-2H3/b9-6-,10-5+;7-6-;;. The van der Waals surface area contributed by atoms with Gasteiger partial charge < -0.3 is 20.3 Å². The van der Waals surface area contributed by atoms with E-state index in [0.717, 1.165) is 5.57 Å².